The first-order chi connectivity index (χ1) is 8.29. The second kappa shape index (κ2) is 5.65. The predicted octanol–water partition coefficient (Wildman–Crippen LogP) is 1.46. The summed E-state index contributed by atoms with van der Waals surface area (Å²) in [5, 5.41) is 2.70. The van der Waals surface area contributed by atoms with Gasteiger partial charge in [0.2, 0.25) is 0 Å². The Balaban J connectivity index is 2.04. The number of pyridine rings is 1. The number of carbonyl (C=O) groups excluding carboxylic acids is 1. The van der Waals surface area contributed by atoms with Crippen molar-refractivity contribution in [2.24, 2.45) is 5.73 Å². The van der Waals surface area contributed by atoms with Crippen molar-refractivity contribution >= 4 is 17.1 Å². The maximum absolute atomic E-state index is 11.9. The number of hydrogen-bond acceptors (Lipinski definition) is 5. The molecule has 0 saturated heterocycles. The summed E-state index contributed by atoms with van der Waals surface area (Å²) in [4.78, 5) is 20.3. The van der Waals surface area contributed by atoms with E-state index in [9.17, 15) is 4.79 Å². The molecule has 0 unspecified atom stereocenters. The smallest absolute Gasteiger partial charge is 0.187 e. The molecule has 0 spiro atoms. The van der Waals surface area contributed by atoms with Gasteiger partial charge in [0.15, 0.2) is 5.78 Å². The van der Waals surface area contributed by atoms with Crippen LogP contribution in [-0.4, -0.2) is 22.3 Å². The zero-order chi connectivity index (χ0) is 12.1. The fourth-order valence-electron chi connectivity index (χ4n) is 1.44. The van der Waals surface area contributed by atoms with Gasteiger partial charge in [0, 0.05) is 23.7 Å². The van der Waals surface area contributed by atoms with E-state index < -0.39 is 0 Å². The molecule has 0 radical (unpaired) electrons. The fraction of sp³-hybridized carbons (Fsp3) is 0.250. The minimum Gasteiger partial charge on any atom is -0.330 e. The Morgan fingerprint density at radius 2 is 2.29 bits per heavy atom. The first-order valence-electron chi connectivity index (χ1n) is 5.37. The van der Waals surface area contributed by atoms with Gasteiger partial charge in [0.25, 0.3) is 0 Å². The van der Waals surface area contributed by atoms with Gasteiger partial charge >= 0.3 is 0 Å². The molecule has 0 amide bonds. The monoisotopic (exact) mass is 247 g/mol. The number of nitrogens with two attached hydrogens (primary N) is 1. The van der Waals surface area contributed by atoms with Crippen molar-refractivity contribution in [2.45, 2.75) is 12.8 Å². The van der Waals surface area contributed by atoms with Gasteiger partial charge in [0.05, 0.1) is 11.4 Å². The molecule has 0 atom stereocenters. The van der Waals surface area contributed by atoms with E-state index in [0.29, 0.717) is 18.7 Å². The zero-order valence-electron chi connectivity index (χ0n) is 9.30. The minimum absolute atomic E-state index is 0.00298. The van der Waals surface area contributed by atoms with E-state index in [0.717, 1.165) is 17.1 Å². The third-order valence-electron chi connectivity index (χ3n) is 2.26. The van der Waals surface area contributed by atoms with Gasteiger partial charge in [-0.05, 0) is 18.7 Å². The third kappa shape index (κ3) is 3.18. The summed E-state index contributed by atoms with van der Waals surface area (Å²) < 4.78 is 0. The number of carbonyl (C=O) groups is 1. The lowest BCUT2D eigenvalue weighted by Gasteiger charge is -1.96. The highest BCUT2D eigenvalue weighted by molar-refractivity contribution is 7.09. The standard InChI is InChI=1S/C12H13N3OS/c13-5-4-12-15-10(8-17-12)11(16)7-9-3-1-2-6-14-9/h1-3,6,8H,4-5,7,13H2. The summed E-state index contributed by atoms with van der Waals surface area (Å²) in [7, 11) is 0. The van der Waals surface area contributed by atoms with Gasteiger partial charge in [0.1, 0.15) is 5.69 Å². The lowest BCUT2D eigenvalue weighted by atomic mass is 10.1. The highest BCUT2D eigenvalue weighted by Gasteiger charge is 2.11. The SMILES string of the molecule is NCCc1nc(C(=O)Cc2ccccn2)cs1. The van der Waals surface area contributed by atoms with Crippen LogP contribution in [-0.2, 0) is 12.8 Å². The lowest BCUT2D eigenvalue weighted by Crippen LogP contribution is -2.06. The molecule has 0 fully saturated rings. The van der Waals surface area contributed by atoms with Gasteiger partial charge < -0.3 is 5.73 Å². The van der Waals surface area contributed by atoms with Crippen LogP contribution in [0.2, 0.25) is 0 Å². The largest absolute Gasteiger partial charge is 0.330 e. The molecule has 0 aliphatic rings. The Bertz CT molecular complexity index is 495. The van der Waals surface area contributed by atoms with E-state index in [2.05, 4.69) is 9.97 Å². The molecule has 2 N–H and O–H groups in total. The molecule has 4 nitrogen and oxygen atoms in total. The van der Waals surface area contributed by atoms with Gasteiger partial charge in [-0.15, -0.1) is 11.3 Å². The van der Waals surface area contributed by atoms with Crippen LogP contribution in [0, 0.1) is 0 Å². The average molecular weight is 247 g/mol. The van der Waals surface area contributed by atoms with Gasteiger partial charge in [-0.25, -0.2) is 4.98 Å². The van der Waals surface area contributed by atoms with Gasteiger partial charge in [-0.3, -0.25) is 9.78 Å². The Kier molecular flexibility index (Phi) is 3.95. The van der Waals surface area contributed by atoms with Crippen molar-refractivity contribution in [2.75, 3.05) is 6.54 Å². The summed E-state index contributed by atoms with van der Waals surface area (Å²) in [5.74, 6) is 0.00298. The number of rotatable bonds is 5. The molecule has 5 heteroatoms. The number of hydrogen-bond donors (Lipinski definition) is 1. The normalized spacial score (nSPS) is 10.4. The number of thiazole rings is 1. The first-order valence-corrected chi connectivity index (χ1v) is 6.25. The van der Waals surface area contributed by atoms with E-state index in [1.807, 2.05) is 18.2 Å². The van der Waals surface area contributed by atoms with Crippen LogP contribution >= 0.6 is 11.3 Å². The summed E-state index contributed by atoms with van der Waals surface area (Å²) in [6.07, 6.45) is 2.71. The summed E-state index contributed by atoms with van der Waals surface area (Å²) in [6.45, 7) is 0.557. The maximum atomic E-state index is 11.9. The van der Waals surface area contributed by atoms with Crippen LogP contribution in [0.4, 0.5) is 0 Å². The van der Waals surface area contributed by atoms with Crippen LogP contribution in [0.25, 0.3) is 0 Å². The molecule has 0 saturated carbocycles. The maximum Gasteiger partial charge on any atom is 0.187 e. The number of aromatic nitrogens is 2. The molecule has 2 aromatic heterocycles. The lowest BCUT2D eigenvalue weighted by molar-refractivity contribution is 0.0987. The van der Waals surface area contributed by atoms with Crippen molar-refractivity contribution in [3.63, 3.8) is 0 Å². The van der Waals surface area contributed by atoms with Crippen LogP contribution in [0.1, 0.15) is 21.2 Å². The van der Waals surface area contributed by atoms with Crippen molar-refractivity contribution in [1.82, 2.24) is 9.97 Å². The highest BCUT2D eigenvalue weighted by atomic mass is 32.1. The molecule has 0 aromatic carbocycles. The summed E-state index contributed by atoms with van der Waals surface area (Å²) in [6, 6.07) is 5.54. The minimum atomic E-state index is 0.00298. The molecule has 2 rings (SSSR count). The molecule has 2 aromatic rings. The quantitative estimate of drug-likeness (QED) is 0.812. The Morgan fingerprint density at radius 3 is 3.00 bits per heavy atom. The number of nitrogens with zero attached hydrogens (tertiary/aromatic N) is 2. The van der Waals surface area contributed by atoms with Crippen LogP contribution < -0.4 is 5.73 Å². The highest BCUT2D eigenvalue weighted by Crippen LogP contribution is 2.12. The second-order valence-electron chi connectivity index (χ2n) is 3.59. The van der Waals surface area contributed by atoms with Gasteiger partial charge in [-0.1, -0.05) is 6.07 Å². The summed E-state index contributed by atoms with van der Waals surface area (Å²) in [5.41, 5.74) is 6.73. The molecule has 0 bridgehead atoms. The molecule has 88 valence electrons. The Labute approximate surface area is 104 Å². The van der Waals surface area contributed by atoms with Crippen LogP contribution in [0.5, 0.6) is 0 Å². The van der Waals surface area contributed by atoms with Crippen LogP contribution in [0.3, 0.4) is 0 Å². The van der Waals surface area contributed by atoms with E-state index in [4.69, 9.17) is 5.73 Å². The van der Waals surface area contributed by atoms with Crippen molar-refractivity contribution in [1.29, 1.82) is 0 Å². The first kappa shape index (κ1) is 11.9. The molecular formula is C12H13N3OS. The third-order valence-corrected chi connectivity index (χ3v) is 3.17. The van der Waals surface area contributed by atoms with E-state index >= 15 is 0 Å². The molecule has 2 heterocycles. The van der Waals surface area contributed by atoms with Crippen molar-refractivity contribution in [3.05, 3.63) is 46.2 Å². The summed E-state index contributed by atoms with van der Waals surface area (Å²) >= 11 is 1.48. The van der Waals surface area contributed by atoms with E-state index in [1.54, 1.807) is 11.6 Å². The Morgan fingerprint density at radius 1 is 1.41 bits per heavy atom. The second-order valence-corrected chi connectivity index (χ2v) is 4.53. The average Bonchev–Trinajstić information content (AvgIpc) is 2.79. The van der Waals surface area contributed by atoms with Gasteiger partial charge in [-0.2, -0.15) is 0 Å². The topological polar surface area (TPSA) is 68.9 Å². The number of ketones is 1. The van der Waals surface area contributed by atoms with Crippen LogP contribution in [0.15, 0.2) is 29.8 Å². The molecular weight excluding hydrogens is 234 g/mol. The predicted molar refractivity (Wildman–Crippen MR) is 67.1 cm³/mol. The molecule has 17 heavy (non-hydrogen) atoms. The molecule has 0 aliphatic carbocycles. The molecule has 0 aliphatic heterocycles. The van der Waals surface area contributed by atoms with Crippen molar-refractivity contribution < 1.29 is 4.79 Å². The van der Waals surface area contributed by atoms with Crippen molar-refractivity contribution in [3.8, 4) is 0 Å². The fourth-order valence-corrected chi connectivity index (χ4v) is 2.25. The zero-order valence-corrected chi connectivity index (χ0v) is 10.1. The van der Waals surface area contributed by atoms with E-state index in [-0.39, 0.29) is 5.78 Å². The van der Waals surface area contributed by atoms with E-state index in [1.165, 1.54) is 11.3 Å². The number of Topliss-reactive ketones (excluding diaryl/α,β-unsaturated/α-hetero) is 1. The Hall–Kier alpha value is -1.59.